The van der Waals surface area contributed by atoms with Crippen LogP contribution in [-0.4, -0.2) is 26.9 Å². The number of carbonyl (C=O) groups is 2. The molecular weight excluding hydrogens is 346 g/mol. The van der Waals surface area contributed by atoms with Gasteiger partial charge in [-0.1, -0.05) is 17.3 Å². The Morgan fingerprint density at radius 3 is 2.74 bits per heavy atom. The van der Waals surface area contributed by atoms with Gasteiger partial charge >= 0.3 is 0 Å². The lowest BCUT2D eigenvalue weighted by molar-refractivity contribution is -0.121. The monoisotopic (exact) mass is 365 g/mol. The zero-order chi connectivity index (χ0) is 19.1. The molecular formula is C19H19N5O3. The maximum Gasteiger partial charge on any atom is 0.227 e. The Labute approximate surface area is 156 Å². The van der Waals surface area contributed by atoms with Gasteiger partial charge in [0, 0.05) is 50.0 Å². The van der Waals surface area contributed by atoms with Crippen LogP contribution in [0.2, 0.25) is 0 Å². The highest BCUT2D eigenvalue weighted by atomic mass is 16.5. The average Bonchev–Trinajstić information content (AvgIpc) is 3.14. The quantitative estimate of drug-likeness (QED) is 0.665. The number of amides is 2. The van der Waals surface area contributed by atoms with Crippen molar-refractivity contribution in [3.63, 3.8) is 0 Å². The van der Waals surface area contributed by atoms with Gasteiger partial charge < -0.3 is 15.2 Å². The Kier molecular flexibility index (Phi) is 5.88. The zero-order valence-corrected chi connectivity index (χ0v) is 14.8. The van der Waals surface area contributed by atoms with Crippen LogP contribution >= 0.6 is 0 Å². The molecule has 27 heavy (non-hydrogen) atoms. The van der Waals surface area contributed by atoms with Crippen molar-refractivity contribution in [1.29, 1.82) is 0 Å². The van der Waals surface area contributed by atoms with Crippen LogP contribution in [-0.2, 0) is 22.6 Å². The Morgan fingerprint density at radius 1 is 1.15 bits per heavy atom. The van der Waals surface area contributed by atoms with Crippen LogP contribution in [0.5, 0.6) is 0 Å². The normalized spacial score (nSPS) is 10.4. The van der Waals surface area contributed by atoms with E-state index in [9.17, 15) is 9.59 Å². The lowest BCUT2D eigenvalue weighted by Gasteiger charge is -2.07. The van der Waals surface area contributed by atoms with E-state index in [-0.39, 0.29) is 18.2 Å². The number of rotatable bonds is 7. The molecule has 2 N–H and O–H groups in total. The number of aryl methyl sites for hydroxylation is 1. The number of aromatic nitrogens is 3. The Balaban J connectivity index is 1.48. The summed E-state index contributed by atoms with van der Waals surface area (Å²) in [7, 11) is 0. The largest absolute Gasteiger partial charge is 0.352 e. The van der Waals surface area contributed by atoms with Gasteiger partial charge in [0.25, 0.3) is 0 Å². The van der Waals surface area contributed by atoms with Crippen molar-refractivity contribution in [3.8, 4) is 11.4 Å². The molecule has 0 unspecified atom stereocenters. The molecule has 138 valence electrons. The summed E-state index contributed by atoms with van der Waals surface area (Å²) in [5.41, 5.74) is 2.40. The van der Waals surface area contributed by atoms with Crippen LogP contribution in [0.3, 0.4) is 0 Å². The fourth-order valence-electron chi connectivity index (χ4n) is 2.45. The number of hydrogen-bond acceptors (Lipinski definition) is 6. The minimum absolute atomic E-state index is 0.122. The second-order valence-corrected chi connectivity index (χ2v) is 5.91. The molecule has 8 nitrogen and oxygen atoms in total. The summed E-state index contributed by atoms with van der Waals surface area (Å²) in [4.78, 5) is 31.4. The summed E-state index contributed by atoms with van der Waals surface area (Å²) in [6.07, 6.45) is 3.90. The van der Waals surface area contributed by atoms with E-state index in [1.807, 2.05) is 18.2 Å². The standard InChI is InChI=1S/C19H19N5O3/c1-13(25)22-16-4-2-3-14(11-16)12-21-17(26)5-6-18-23-19(24-27-18)15-7-9-20-10-8-15/h2-4,7-11H,5-6,12H2,1H3,(H,21,26)(H,22,25). The van der Waals surface area contributed by atoms with Crippen molar-refractivity contribution >= 4 is 17.5 Å². The van der Waals surface area contributed by atoms with E-state index in [1.165, 1.54) is 6.92 Å². The lowest BCUT2D eigenvalue weighted by atomic mass is 10.2. The molecule has 2 heterocycles. The van der Waals surface area contributed by atoms with E-state index in [1.54, 1.807) is 30.6 Å². The molecule has 8 heteroatoms. The predicted octanol–water partition coefficient (Wildman–Crippen LogP) is 2.34. The van der Waals surface area contributed by atoms with Gasteiger partial charge in [-0.05, 0) is 29.8 Å². The third kappa shape index (κ3) is 5.46. The van der Waals surface area contributed by atoms with Crippen LogP contribution in [0.4, 0.5) is 5.69 Å². The molecule has 0 fully saturated rings. The van der Waals surface area contributed by atoms with Gasteiger partial charge in [0.1, 0.15) is 0 Å². The predicted molar refractivity (Wildman–Crippen MR) is 98.4 cm³/mol. The molecule has 0 bridgehead atoms. The molecule has 0 atom stereocenters. The number of benzene rings is 1. The first kappa shape index (κ1) is 18.2. The first-order valence-electron chi connectivity index (χ1n) is 8.46. The van der Waals surface area contributed by atoms with E-state index in [0.717, 1.165) is 11.1 Å². The van der Waals surface area contributed by atoms with Crippen LogP contribution in [0, 0.1) is 0 Å². The summed E-state index contributed by atoms with van der Waals surface area (Å²) in [6.45, 7) is 1.82. The van der Waals surface area contributed by atoms with Gasteiger partial charge in [-0.3, -0.25) is 14.6 Å². The van der Waals surface area contributed by atoms with Crippen LogP contribution in [0.1, 0.15) is 24.8 Å². The van der Waals surface area contributed by atoms with Crippen LogP contribution < -0.4 is 10.6 Å². The molecule has 0 aliphatic carbocycles. The average molecular weight is 365 g/mol. The van der Waals surface area contributed by atoms with Gasteiger partial charge in [-0.2, -0.15) is 4.98 Å². The minimum atomic E-state index is -0.137. The summed E-state index contributed by atoms with van der Waals surface area (Å²) in [5, 5.41) is 9.46. The van der Waals surface area contributed by atoms with Crippen molar-refractivity contribution in [2.24, 2.45) is 0 Å². The maximum atomic E-state index is 12.1. The Bertz CT molecular complexity index is 924. The first-order valence-corrected chi connectivity index (χ1v) is 8.46. The molecule has 0 spiro atoms. The van der Waals surface area contributed by atoms with Gasteiger partial charge in [0.2, 0.25) is 23.5 Å². The maximum absolute atomic E-state index is 12.1. The highest BCUT2D eigenvalue weighted by Gasteiger charge is 2.10. The van der Waals surface area contributed by atoms with Crippen LogP contribution in [0.15, 0.2) is 53.3 Å². The van der Waals surface area contributed by atoms with E-state index in [2.05, 4.69) is 25.8 Å². The Morgan fingerprint density at radius 2 is 1.96 bits per heavy atom. The van der Waals surface area contributed by atoms with E-state index < -0.39 is 0 Å². The number of hydrogen-bond donors (Lipinski definition) is 2. The number of nitrogens with zero attached hydrogens (tertiary/aromatic N) is 3. The number of pyridine rings is 1. The minimum Gasteiger partial charge on any atom is -0.352 e. The molecule has 0 saturated heterocycles. The van der Waals surface area contributed by atoms with Crippen LogP contribution in [0.25, 0.3) is 11.4 Å². The van der Waals surface area contributed by atoms with E-state index in [0.29, 0.717) is 30.4 Å². The molecule has 3 rings (SSSR count). The zero-order valence-electron chi connectivity index (χ0n) is 14.8. The van der Waals surface area contributed by atoms with E-state index in [4.69, 9.17) is 4.52 Å². The molecule has 1 aromatic carbocycles. The Hall–Kier alpha value is -3.55. The summed E-state index contributed by atoms with van der Waals surface area (Å²) >= 11 is 0. The van der Waals surface area contributed by atoms with Gasteiger partial charge in [-0.25, -0.2) is 0 Å². The first-order chi connectivity index (χ1) is 13.1. The lowest BCUT2D eigenvalue weighted by Crippen LogP contribution is -2.23. The summed E-state index contributed by atoms with van der Waals surface area (Å²) < 4.78 is 5.18. The van der Waals surface area contributed by atoms with E-state index >= 15 is 0 Å². The SMILES string of the molecule is CC(=O)Nc1cccc(CNC(=O)CCc2nc(-c3ccncc3)no2)c1. The second-order valence-electron chi connectivity index (χ2n) is 5.91. The topological polar surface area (TPSA) is 110 Å². The molecule has 0 saturated carbocycles. The molecule has 0 aliphatic heterocycles. The highest BCUT2D eigenvalue weighted by molar-refractivity contribution is 5.88. The summed E-state index contributed by atoms with van der Waals surface area (Å²) in [5.74, 6) is 0.623. The van der Waals surface area contributed by atoms with Crippen molar-refractivity contribution in [3.05, 3.63) is 60.2 Å². The van der Waals surface area contributed by atoms with Gasteiger partial charge in [0.05, 0.1) is 0 Å². The fraction of sp³-hybridized carbons (Fsp3) is 0.211. The van der Waals surface area contributed by atoms with Gasteiger partial charge in [-0.15, -0.1) is 0 Å². The smallest absolute Gasteiger partial charge is 0.227 e. The molecule has 2 aromatic heterocycles. The number of anilines is 1. The molecule has 2 amide bonds. The van der Waals surface area contributed by atoms with Crippen molar-refractivity contribution in [1.82, 2.24) is 20.4 Å². The second kappa shape index (κ2) is 8.70. The summed E-state index contributed by atoms with van der Waals surface area (Å²) in [6, 6.07) is 10.9. The molecule has 0 radical (unpaired) electrons. The third-order valence-electron chi connectivity index (χ3n) is 3.71. The molecule has 0 aliphatic rings. The van der Waals surface area contributed by atoms with Gasteiger partial charge in [0.15, 0.2) is 0 Å². The molecule has 3 aromatic rings. The highest BCUT2D eigenvalue weighted by Crippen LogP contribution is 2.15. The van der Waals surface area contributed by atoms with Crippen molar-refractivity contribution in [2.75, 3.05) is 5.32 Å². The van der Waals surface area contributed by atoms with Crippen molar-refractivity contribution in [2.45, 2.75) is 26.3 Å². The fourth-order valence-corrected chi connectivity index (χ4v) is 2.45. The van der Waals surface area contributed by atoms with Crippen molar-refractivity contribution < 1.29 is 14.1 Å². The number of nitrogens with one attached hydrogen (secondary N) is 2. The number of carbonyl (C=O) groups excluding carboxylic acids is 2. The third-order valence-corrected chi connectivity index (χ3v) is 3.71.